The Labute approximate surface area is 83.3 Å². The molecule has 0 spiro atoms. The minimum atomic E-state index is 0.326. The molecule has 1 aliphatic heterocycles. The Morgan fingerprint density at radius 2 is 2.36 bits per heavy atom. The Kier molecular flexibility index (Phi) is 2.70. The summed E-state index contributed by atoms with van der Waals surface area (Å²) in [5.41, 5.74) is 1.07. The van der Waals surface area contributed by atoms with Gasteiger partial charge in [0.15, 0.2) is 11.5 Å². The predicted octanol–water partition coefficient (Wildman–Crippen LogP) is 1.65. The van der Waals surface area contributed by atoms with Crippen LogP contribution in [0.1, 0.15) is 5.56 Å². The topological polar surface area (TPSA) is 30.5 Å². The molecular formula is C11H13NO2. The lowest BCUT2D eigenvalue weighted by atomic mass is 10.2. The molecule has 0 radical (unpaired) electrons. The monoisotopic (exact) mass is 191 g/mol. The minimum Gasteiger partial charge on any atom is -0.454 e. The maximum absolute atomic E-state index is 5.37. The summed E-state index contributed by atoms with van der Waals surface area (Å²) in [5, 5.41) is 3.05. The van der Waals surface area contributed by atoms with E-state index in [1.807, 2.05) is 31.3 Å². The lowest BCUT2D eigenvalue weighted by Crippen LogP contribution is -2.03. The van der Waals surface area contributed by atoms with Gasteiger partial charge in [-0.05, 0) is 13.1 Å². The molecule has 3 heteroatoms. The van der Waals surface area contributed by atoms with E-state index >= 15 is 0 Å². The second-order valence-corrected chi connectivity index (χ2v) is 3.04. The van der Waals surface area contributed by atoms with E-state index in [1.165, 1.54) is 0 Å². The third-order valence-electron chi connectivity index (χ3n) is 2.05. The molecule has 0 atom stereocenters. The molecule has 2 rings (SSSR count). The van der Waals surface area contributed by atoms with Crippen LogP contribution in [0, 0.1) is 0 Å². The molecule has 1 heterocycles. The second-order valence-electron chi connectivity index (χ2n) is 3.04. The standard InChI is InChI=1S/C11H13NO2/c1-12-7-3-5-9-4-2-6-10-11(9)14-8-13-10/h2-6,12H,7-8H2,1H3. The highest BCUT2D eigenvalue weighted by molar-refractivity contribution is 5.63. The molecule has 1 N–H and O–H groups in total. The Hall–Kier alpha value is -1.48. The van der Waals surface area contributed by atoms with Crippen LogP contribution in [-0.2, 0) is 0 Å². The molecule has 1 aromatic carbocycles. The van der Waals surface area contributed by atoms with Crippen molar-refractivity contribution in [2.24, 2.45) is 0 Å². The van der Waals surface area contributed by atoms with Crippen molar-refractivity contribution in [2.75, 3.05) is 20.4 Å². The zero-order valence-electron chi connectivity index (χ0n) is 8.12. The van der Waals surface area contributed by atoms with E-state index in [4.69, 9.17) is 9.47 Å². The van der Waals surface area contributed by atoms with Gasteiger partial charge >= 0.3 is 0 Å². The van der Waals surface area contributed by atoms with Gasteiger partial charge in [-0.3, -0.25) is 0 Å². The van der Waals surface area contributed by atoms with Gasteiger partial charge in [0, 0.05) is 12.1 Å². The van der Waals surface area contributed by atoms with Gasteiger partial charge in [-0.2, -0.15) is 0 Å². The van der Waals surface area contributed by atoms with Gasteiger partial charge in [-0.15, -0.1) is 0 Å². The van der Waals surface area contributed by atoms with E-state index in [0.29, 0.717) is 6.79 Å². The number of para-hydroxylation sites is 1. The van der Waals surface area contributed by atoms with E-state index in [1.54, 1.807) is 0 Å². The smallest absolute Gasteiger partial charge is 0.231 e. The summed E-state index contributed by atoms with van der Waals surface area (Å²) >= 11 is 0. The Balaban J connectivity index is 2.22. The lowest BCUT2D eigenvalue weighted by Gasteiger charge is -1.99. The Morgan fingerprint density at radius 1 is 1.43 bits per heavy atom. The first-order chi connectivity index (χ1) is 6.92. The van der Waals surface area contributed by atoms with E-state index < -0.39 is 0 Å². The molecule has 0 bridgehead atoms. The maximum Gasteiger partial charge on any atom is 0.231 e. The number of benzene rings is 1. The largest absolute Gasteiger partial charge is 0.454 e. The van der Waals surface area contributed by atoms with Gasteiger partial charge < -0.3 is 14.8 Å². The van der Waals surface area contributed by atoms with Crippen LogP contribution >= 0.6 is 0 Å². The fraction of sp³-hybridized carbons (Fsp3) is 0.273. The van der Waals surface area contributed by atoms with Crippen molar-refractivity contribution in [2.45, 2.75) is 0 Å². The third kappa shape index (κ3) is 1.72. The number of rotatable bonds is 3. The summed E-state index contributed by atoms with van der Waals surface area (Å²) in [6.45, 7) is 1.18. The van der Waals surface area contributed by atoms with Crippen LogP contribution in [0.15, 0.2) is 24.3 Å². The van der Waals surface area contributed by atoms with Gasteiger partial charge in [-0.25, -0.2) is 0 Å². The third-order valence-corrected chi connectivity index (χ3v) is 2.05. The fourth-order valence-corrected chi connectivity index (χ4v) is 1.39. The first-order valence-electron chi connectivity index (χ1n) is 4.61. The number of likely N-dealkylation sites (N-methyl/N-ethyl adjacent to an activating group) is 1. The first-order valence-corrected chi connectivity index (χ1v) is 4.61. The van der Waals surface area contributed by atoms with Crippen molar-refractivity contribution in [3.05, 3.63) is 29.8 Å². The van der Waals surface area contributed by atoms with Gasteiger partial charge in [-0.1, -0.05) is 24.3 Å². The highest BCUT2D eigenvalue weighted by Crippen LogP contribution is 2.35. The van der Waals surface area contributed by atoms with Crippen molar-refractivity contribution in [3.8, 4) is 11.5 Å². The summed E-state index contributed by atoms with van der Waals surface area (Å²) in [7, 11) is 1.92. The first kappa shape index (κ1) is 9.09. The van der Waals surface area contributed by atoms with E-state index in [0.717, 1.165) is 23.6 Å². The number of nitrogens with one attached hydrogen (secondary N) is 1. The summed E-state index contributed by atoms with van der Waals surface area (Å²) in [5.74, 6) is 1.68. The van der Waals surface area contributed by atoms with Crippen molar-refractivity contribution < 1.29 is 9.47 Å². The van der Waals surface area contributed by atoms with Gasteiger partial charge in [0.2, 0.25) is 6.79 Å². The minimum absolute atomic E-state index is 0.326. The molecule has 14 heavy (non-hydrogen) atoms. The van der Waals surface area contributed by atoms with Gasteiger partial charge in [0.1, 0.15) is 0 Å². The summed E-state index contributed by atoms with van der Waals surface area (Å²) in [4.78, 5) is 0. The molecule has 0 aromatic heterocycles. The van der Waals surface area contributed by atoms with E-state index in [2.05, 4.69) is 11.4 Å². The van der Waals surface area contributed by atoms with Gasteiger partial charge in [0.25, 0.3) is 0 Å². The molecule has 1 aliphatic rings. The number of hydrogen-bond donors (Lipinski definition) is 1. The van der Waals surface area contributed by atoms with Crippen LogP contribution in [-0.4, -0.2) is 20.4 Å². The van der Waals surface area contributed by atoms with Crippen LogP contribution in [0.2, 0.25) is 0 Å². The zero-order chi connectivity index (χ0) is 9.80. The van der Waals surface area contributed by atoms with Crippen molar-refractivity contribution in [3.63, 3.8) is 0 Å². The molecule has 0 aliphatic carbocycles. The summed E-state index contributed by atoms with van der Waals surface area (Å²) in [6, 6.07) is 5.89. The normalized spacial score (nSPS) is 13.8. The quantitative estimate of drug-likeness (QED) is 0.788. The molecule has 74 valence electrons. The second kappa shape index (κ2) is 4.15. The fourth-order valence-electron chi connectivity index (χ4n) is 1.39. The molecule has 0 saturated carbocycles. The van der Waals surface area contributed by atoms with Crippen LogP contribution in [0.3, 0.4) is 0 Å². The molecule has 3 nitrogen and oxygen atoms in total. The predicted molar refractivity (Wildman–Crippen MR) is 55.5 cm³/mol. The molecular weight excluding hydrogens is 178 g/mol. The van der Waals surface area contributed by atoms with Crippen LogP contribution in [0.25, 0.3) is 6.08 Å². The van der Waals surface area contributed by atoms with Gasteiger partial charge in [0.05, 0.1) is 0 Å². The van der Waals surface area contributed by atoms with Crippen molar-refractivity contribution in [1.82, 2.24) is 5.32 Å². The average Bonchev–Trinajstić information content (AvgIpc) is 2.67. The SMILES string of the molecule is CNCC=Cc1cccc2c1OCO2. The lowest BCUT2D eigenvalue weighted by molar-refractivity contribution is 0.174. The Morgan fingerprint density at radius 3 is 3.21 bits per heavy atom. The molecule has 0 amide bonds. The van der Waals surface area contributed by atoms with Crippen LogP contribution in [0.4, 0.5) is 0 Å². The molecule has 0 saturated heterocycles. The number of hydrogen-bond acceptors (Lipinski definition) is 3. The average molecular weight is 191 g/mol. The van der Waals surface area contributed by atoms with E-state index in [9.17, 15) is 0 Å². The number of fused-ring (bicyclic) bond motifs is 1. The van der Waals surface area contributed by atoms with E-state index in [-0.39, 0.29) is 0 Å². The number of ether oxygens (including phenoxy) is 2. The highest BCUT2D eigenvalue weighted by atomic mass is 16.7. The molecule has 0 fully saturated rings. The summed E-state index contributed by atoms with van der Waals surface area (Å²) in [6.07, 6.45) is 4.08. The van der Waals surface area contributed by atoms with Crippen molar-refractivity contribution in [1.29, 1.82) is 0 Å². The highest BCUT2D eigenvalue weighted by Gasteiger charge is 2.14. The zero-order valence-corrected chi connectivity index (χ0v) is 8.12. The maximum atomic E-state index is 5.37. The summed E-state index contributed by atoms with van der Waals surface area (Å²) < 4.78 is 10.6. The van der Waals surface area contributed by atoms with Crippen LogP contribution in [0.5, 0.6) is 11.5 Å². The van der Waals surface area contributed by atoms with Crippen molar-refractivity contribution >= 4 is 6.08 Å². The molecule has 1 aromatic rings. The Bertz CT molecular complexity index is 347. The molecule has 0 unspecified atom stereocenters. The van der Waals surface area contributed by atoms with Crippen LogP contribution < -0.4 is 14.8 Å².